The SMILES string of the molecule is O=S(=O)(Cl)c1ccc2onc(CBr)c2c1.O=S(=O)(O)Cl. The van der Waals surface area contributed by atoms with Crippen LogP contribution >= 0.6 is 37.3 Å². The van der Waals surface area contributed by atoms with Gasteiger partial charge in [0.1, 0.15) is 5.69 Å². The van der Waals surface area contributed by atoms with Crippen molar-refractivity contribution in [2.24, 2.45) is 0 Å². The van der Waals surface area contributed by atoms with Crippen molar-refractivity contribution in [1.82, 2.24) is 5.16 Å². The lowest BCUT2D eigenvalue weighted by molar-refractivity contribution is 0.450. The lowest BCUT2D eigenvalue weighted by Crippen LogP contribution is -1.89. The highest BCUT2D eigenvalue weighted by molar-refractivity contribution is 9.08. The fourth-order valence-corrected chi connectivity index (χ4v) is 2.40. The lowest BCUT2D eigenvalue weighted by Gasteiger charge is -1.95. The molecule has 0 bridgehead atoms. The lowest BCUT2D eigenvalue weighted by atomic mass is 10.2. The molecule has 0 aliphatic heterocycles. The predicted molar refractivity (Wildman–Crippen MR) is 77.1 cm³/mol. The van der Waals surface area contributed by atoms with Crippen LogP contribution in [0.2, 0.25) is 0 Å². The summed E-state index contributed by atoms with van der Waals surface area (Å²) < 4.78 is 52.4. The van der Waals surface area contributed by atoms with Crippen molar-refractivity contribution >= 4 is 66.6 Å². The van der Waals surface area contributed by atoms with Gasteiger partial charge in [-0.25, -0.2) is 8.42 Å². The van der Waals surface area contributed by atoms with E-state index in [-0.39, 0.29) is 4.90 Å². The molecule has 0 atom stereocenters. The molecule has 1 heterocycles. The average molecular weight is 427 g/mol. The Labute approximate surface area is 131 Å². The fourth-order valence-electron chi connectivity index (χ4n) is 1.22. The summed E-state index contributed by atoms with van der Waals surface area (Å²) in [6, 6.07) is 4.36. The Balaban J connectivity index is 0.000000347. The Bertz CT molecular complexity index is 809. The van der Waals surface area contributed by atoms with Gasteiger partial charge in [0.05, 0.1) is 4.90 Å². The normalized spacial score (nSPS) is 12.0. The van der Waals surface area contributed by atoms with Crippen LogP contribution in [0.3, 0.4) is 0 Å². The van der Waals surface area contributed by atoms with E-state index in [0.29, 0.717) is 22.0 Å². The quantitative estimate of drug-likeness (QED) is 0.445. The second kappa shape index (κ2) is 6.58. The molecule has 20 heavy (non-hydrogen) atoms. The summed E-state index contributed by atoms with van der Waals surface area (Å²) in [5.41, 5.74) is 1.18. The Morgan fingerprint density at radius 3 is 2.25 bits per heavy atom. The molecule has 0 saturated carbocycles. The van der Waals surface area contributed by atoms with E-state index in [9.17, 15) is 8.42 Å². The maximum absolute atomic E-state index is 11.1. The first-order valence-electron chi connectivity index (χ1n) is 4.58. The van der Waals surface area contributed by atoms with Crippen LogP contribution in [0, 0.1) is 0 Å². The first-order chi connectivity index (χ1) is 9.02. The summed E-state index contributed by atoms with van der Waals surface area (Å²) in [7, 11) is 1.38. The Hall–Kier alpha value is -0.390. The van der Waals surface area contributed by atoms with E-state index < -0.39 is 18.4 Å². The van der Waals surface area contributed by atoms with Gasteiger partial charge in [-0.05, 0) is 18.2 Å². The molecule has 0 unspecified atom stereocenters. The number of hydrogen-bond acceptors (Lipinski definition) is 6. The zero-order valence-corrected chi connectivity index (χ0v) is 14.1. The van der Waals surface area contributed by atoms with Gasteiger partial charge in [0, 0.05) is 32.1 Å². The van der Waals surface area contributed by atoms with Crippen molar-refractivity contribution in [3.8, 4) is 0 Å². The molecule has 0 aliphatic carbocycles. The molecule has 0 spiro atoms. The molecule has 1 aromatic heterocycles. The molecule has 0 saturated heterocycles. The molecule has 7 nitrogen and oxygen atoms in total. The van der Waals surface area contributed by atoms with E-state index >= 15 is 0 Å². The third kappa shape index (κ3) is 5.54. The van der Waals surface area contributed by atoms with Crippen molar-refractivity contribution in [1.29, 1.82) is 0 Å². The summed E-state index contributed by atoms with van der Waals surface area (Å²) in [6.45, 7) is 0. The van der Waals surface area contributed by atoms with Crippen LogP contribution in [-0.4, -0.2) is 26.5 Å². The molecular formula is C8H6BrCl2NO6S2. The number of benzene rings is 1. The highest BCUT2D eigenvalue weighted by Gasteiger charge is 2.14. The highest BCUT2D eigenvalue weighted by atomic mass is 79.9. The minimum atomic E-state index is -4.19. The van der Waals surface area contributed by atoms with Crippen LogP contribution in [0.25, 0.3) is 11.0 Å². The standard InChI is InChI=1S/C8H5BrClNO3S.ClHO3S/c9-4-7-6-3-5(15(10,12)13)1-2-8(6)14-11-7;1-5(2,3)4/h1-3H,4H2;(H,2,3,4). The molecule has 0 amide bonds. The number of hydrogen-bond donors (Lipinski definition) is 1. The van der Waals surface area contributed by atoms with Gasteiger partial charge in [-0.1, -0.05) is 21.1 Å². The molecule has 0 aliphatic rings. The highest BCUT2D eigenvalue weighted by Crippen LogP contribution is 2.25. The smallest absolute Gasteiger partial charge is 0.353 e. The molecule has 0 radical (unpaired) electrons. The first kappa shape index (κ1) is 17.7. The molecule has 0 fully saturated rings. The number of aromatic nitrogens is 1. The third-order valence-electron chi connectivity index (χ3n) is 1.92. The third-order valence-corrected chi connectivity index (χ3v) is 3.81. The second-order valence-electron chi connectivity index (χ2n) is 3.27. The minimum Gasteiger partial charge on any atom is -0.356 e. The molecule has 1 aromatic carbocycles. The second-order valence-corrected chi connectivity index (χ2v) is 8.39. The van der Waals surface area contributed by atoms with Gasteiger partial charge in [-0.2, -0.15) is 8.42 Å². The van der Waals surface area contributed by atoms with E-state index in [1.807, 2.05) is 0 Å². The number of fused-ring (bicyclic) bond motifs is 1. The Kier molecular flexibility index (Phi) is 5.81. The Morgan fingerprint density at radius 1 is 1.25 bits per heavy atom. The number of halogens is 3. The molecule has 1 N–H and O–H groups in total. The van der Waals surface area contributed by atoms with Crippen LogP contribution in [0.4, 0.5) is 0 Å². The van der Waals surface area contributed by atoms with E-state index in [1.165, 1.54) is 18.2 Å². The summed E-state index contributed by atoms with van der Waals surface area (Å²) in [5.74, 6) is 0. The van der Waals surface area contributed by atoms with Gasteiger partial charge >= 0.3 is 9.33 Å². The summed E-state index contributed by atoms with van der Waals surface area (Å²) >= 11 is 3.23. The van der Waals surface area contributed by atoms with E-state index in [2.05, 4.69) is 31.8 Å². The van der Waals surface area contributed by atoms with Crippen molar-refractivity contribution in [2.45, 2.75) is 10.2 Å². The molecule has 2 aromatic rings. The minimum absolute atomic E-state index is 0.0436. The topological polar surface area (TPSA) is 115 Å². The monoisotopic (exact) mass is 425 g/mol. The van der Waals surface area contributed by atoms with E-state index in [0.717, 1.165) is 0 Å². The fraction of sp³-hybridized carbons (Fsp3) is 0.125. The zero-order chi connectivity index (χ0) is 15.6. The Morgan fingerprint density at radius 2 is 1.80 bits per heavy atom. The summed E-state index contributed by atoms with van der Waals surface area (Å²) in [5, 5.41) is 4.92. The van der Waals surface area contributed by atoms with Crippen molar-refractivity contribution in [2.75, 3.05) is 0 Å². The average Bonchev–Trinajstić information content (AvgIpc) is 2.67. The van der Waals surface area contributed by atoms with E-state index in [1.54, 1.807) is 0 Å². The largest absolute Gasteiger partial charge is 0.356 e. The maximum Gasteiger partial charge on any atom is 0.353 e. The van der Waals surface area contributed by atoms with Crippen LogP contribution < -0.4 is 0 Å². The van der Waals surface area contributed by atoms with Gasteiger partial charge in [0.15, 0.2) is 5.58 Å². The van der Waals surface area contributed by atoms with Crippen molar-refractivity contribution in [3.05, 3.63) is 23.9 Å². The van der Waals surface area contributed by atoms with Gasteiger partial charge in [-0.3, -0.25) is 4.55 Å². The number of nitrogens with zero attached hydrogens (tertiary/aromatic N) is 1. The molecular weight excluding hydrogens is 421 g/mol. The molecule has 112 valence electrons. The van der Waals surface area contributed by atoms with Crippen molar-refractivity contribution in [3.63, 3.8) is 0 Å². The van der Waals surface area contributed by atoms with Gasteiger partial charge in [0.25, 0.3) is 9.05 Å². The number of rotatable bonds is 2. The first-order valence-corrected chi connectivity index (χ1v) is 10.3. The van der Waals surface area contributed by atoms with Gasteiger partial charge in [-0.15, -0.1) is 0 Å². The number of alkyl halides is 1. The summed E-state index contributed by atoms with van der Waals surface area (Å²) in [4.78, 5) is 0.0436. The predicted octanol–water partition coefficient (Wildman–Crippen LogP) is 2.68. The van der Waals surface area contributed by atoms with Crippen LogP contribution in [0.5, 0.6) is 0 Å². The zero-order valence-electron chi connectivity index (χ0n) is 9.33. The molecule has 12 heteroatoms. The van der Waals surface area contributed by atoms with Gasteiger partial charge in [0.2, 0.25) is 0 Å². The van der Waals surface area contributed by atoms with E-state index in [4.69, 9.17) is 28.2 Å². The van der Waals surface area contributed by atoms with Crippen LogP contribution in [0.15, 0.2) is 27.6 Å². The maximum atomic E-state index is 11.1. The van der Waals surface area contributed by atoms with Crippen LogP contribution in [-0.2, 0) is 23.7 Å². The molecule has 2 rings (SSSR count). The van der Waals surface area contributed by atoms with Gasteiger partial charge < -0.3 is 4.52 Å². The van der Waals surface area contributed by atoms with Crippen molar-refractivity contribution < 1.29 is 25.9 Å². The summed E-state index contributed by atoms with van der Waals surface area (Å²) in [6.07, 6.45) is 0. The van der Waals surface area contributed by atoms with Crippen LogP contribution in [0.1, 0.15) is 5.69 Å².